The minimum atomic E-state index is -2.35. The van der Waals surface area contributed by atoms with Crippen LogP contribution in [0.2, 0.25) is 54.4 Å². The van der Waals surface area contributed by atoms with Crippen LogP contribution in [0.15, 0.2) is 34.9 Å². The van der Waals surface area contributed by atoms with E-state index in [-0.39, 0.29) is 39.2 Å². The predicted octanol–water partition coefficient (Wildman–Crippen LogP) is 10.6. The summed E-state index contributed by atoms with van der Waals surface area (Å²) in [7, 11) is -3.49. The van der Waals surface area contributed by atoms with Crippen LogP contribution in [0.25, 0.3) is 0 Å². The maximum absolute atomic E-state index is 12.0. The van der Waals surface area contributed by atoms with Gasteiger partial charge >= 0.3 is 5.97 Å². The summed E-state index contributed by atoms with van der Waals surface area (Å²) >= 11 is 0. The molecule has 0 radical (unpaired) electrons. The van der Waals surface area contributed by atoms with E-state index in [9.17, 15) is 4.79 Å². The van der Waals surface area contributed by atoms with Crippen LogP contribution in [0.4, 0.5) is 0 Å². The molecular formula is C41H76O7Si3. The van der Waals surface area contributed by atoms with E-state index in [0.29, 0.717) is 5.57 Å². The van der Waals surface area contributed by atoms with Gasteiger partial charge in [0.25, 0.3) is 0 Å². The first kappa shape index (κ1) is 47.7. The molecule has 7 nitrogen and oxygen atoms in total. The molecule has 1 aliphatic heterocycles. The Morgan fingerprint density at radius 2 is 1.24 bits per heavy atom. The molecule has 1 heterocycles. The second-order valence-electron chi connectivity index (χ2n) is 19.3. The molecule has 1 fully saturated rings. The fraction of sp³-hybridized carbons (Fsp3) is 0.780. The minimum Gasteiger partial charge on any atom is -0.466 e. The summed E-state index contributed by atoms with van der Waals surface area (Å²) < 4.78 is 39.4. The molecule has 0 N–H and O–H groups in total. The van der Waals surface area contributed by atoms with Crippen LogP contribution in [0.5, 0.6) is 0 Å². The zero-order chi connectivity index (χ0) is 40.1. The Bertz CT molecular complexity index is 1330. The lowest BCUT2D eigenvalue weighted by Crippen LogP contribution is -2.65. The standard InChI is InChI=1S/C41H76O7Si3/c1-28(25-29(2)27-31(4)37(42)44-16)26-30(3)33(23-24-49(17,18)39(6,7)8)46-38-36(48-51(21,22)41(12,13)14)35(34(43-15)32(5)45-38)47-50(19,20)40(9,10)11/h25-27,30,32-36,38H,1-22H3/b28-26+,29-25+,31-27+/t30-,32+,33-,34+,35-,36+,38+/m1/s1. The summed E-state index contributed by atoms with van der Waals surface area (Å²) in [4.78, 5) is 12.0. The lowest BCUT2D eigenvalue weighted by atomic mass is 9.98. The van der Waals surface area contributed by atoms with Crippen molar-refractivity contribution in [3.8, 4) is 11.5 Å². The fourth-order valence-electron chi connectivity index (χ4n) is 5.09. The van der Waals surface area contributed by atoms with Gasteiger partial charge < -0.3 is 27.8 Å². The number of carbonyl (C=O) groups is 1. The van der Waals surface area contributed by atoms with E-state index in [2.05, 4.69) is 139 Å². The fourth-order valence-corrected chi connectivity index (χ4v) is 8.55. The summed E-state index contributed by atoms with van der Waals surface area (Å²) in [6.45, 7) is 44.1. The lowest BCUT2D eigenvalue weighted by molar-refractivity contribution is -0.298. The first-order valence-corrected chi connectivity index (χ1v) is 27.5. The third-order valence-electron chi connectivity index (χ3n) is 11.6. The largest absolute Gasteiger partial charge is 0.466 e. The molecule has 10 heteroatoms. The van der Waals surface area contributed by atoms with E-state index >= 15 is 0 Å². The van der Waals surface area contributed by atoms with E-state index in [1.165, 1.54) is 7.11 Å². The van der Waals surface area contributed by atoms with Gasteiger partial charge in [0.15, 0.2) is 22.9 Å². The number of ether oxygens (including phenoxy) is 4. The van der Waals surface area contributed by atoms with Crippen molar-refractivity contribution in [2.75, 3.05) is 14.2 Å². The molecule has 0 bridgehead atoms. The van der Waals surface area contributed by atoms with Gasteiger partial charge in [-0.25, -0.2) is 4.79 Å². The quantitative estimate of drug-likeness (QED) is 0.0644. The van der Waals surface area contributed by atoms with E-state index in [1.54, 1.807) is 14.0 Å². The van der Waals surface area contributed by atoms with Crippen molar-refractivity contribution in [1.82, 2.24) is 0 Å². The molecular weight excluding hydrogens is 689 g/mol. The van der Waals surface area contributed by atoms with Crippen LogP contribution < -0.4 is 0 Å². The van der Waals surface area contributed by atoms with Crippen LogP contribution in [-0.2, 0) is 32.6 Å². The third kappa shape index (κ3) is 13.2. The molecule has 1 aliphatic rings. The Balaban J connectivity index is 3.92. The second-order valence-corrected chi connectivity index (χ2v) is 33.8. The molecule has 51 heavy (non-hydrogen) atoms. The van der Waals surface area contributed by atoms with Crippen LogP contribution in [0.3, 0.4) is 0 Å². The molecule has 1 rings (SSSR count). The van der Waals surface area contributed by atoms with Gasteiger partial charge in [-0.3, -0.25) is 0 Å². The third-order valence-corrected chi connectivity index (χ3v) is 25.0. The number of rotatable bonds is 12. The van der Waals surface area contributed by atoms with E-state index in [1.807, 2.05) is 19.9 Å². The first-order valence-electron chi connectivity index (χ1n) is 18.7. The Morgan fingerprint density at radius 3 is 1.67 bits per heavy atom. The Morgan fingerprint density at radius 1 is 0.745 bits per heavy atom. The number of hydrogen-bond acceptors (Lipinski definition) is 7. The highest BCUT2D eigenvalue weighted by molar-refractivity contribution is 6.87. The molecule has 0 spiro atoms. The molecule has 1 saturated heterocycles. The predicted molar refractivity (Wildman–Crippen MR) is 222 cm³/mol. The topological polar surface area (TPSA) is 72.5 Å². The summed E-state index contributed by atoms with van der Waals surface area (Å²) in [6.07, 6.45) is 3.33. The normalized spacial score (nSPS) is 24.8. The Kier molecular flexibility index (Phi) is 16.7. The van der Waals surface area contributed by atoms with Gasteiger partial charge in [-0.1, -0.05) is 112 Å². The maximum atomic E-state index is 12.0. The highest BCUT2D eigenvalue weighted by atomic mass is 28.4. The maximum Gasteiger partial charge on any atom is 0.333 e. The Labute approximate surface area is 316 Å². The van der Waals surface area contributed by atoms with Crippen LogP contribution in [0.1, 0.15) is 96.9 Å². The number of hydrogen-bond donors (Lipinski definition) is 0. The molecule has 0 amide bonds. The van der Waals surface area contributed by atoms with Crippen molar-refractivity contribution in [2.45, 2.75) is 188 Å². The highest BCUT2D eigenvalue weighted by Crippen LogP contribution is 2.44. The van der Waals surface area contributed by atoms with Gasteiger partial charge in [-0.15, -0.1) is 5.54 Å². The SMILES string of the molecule is COC(=O)/C(C)=C/C(C)=C/C(C)=C/[C@@H](C)[C@@H](C#C[Si](C)(C)C(C)(C)C)O[C@@H]1O[C@@H](C)[C@H](OC)[C@@H](O[Si](C)(C)C(C)(C)C)[C@@H]1O[Si](C)(C)C(C)(C)C. The molecule has 0 saturated carbocycles. The average molecular weight is 765 g/mol. The summed E-state index contributed by atoms with van der Waals surface area (Å²) in [5, 5.41) is 0.0139. The highest BCUT2D eigenvalue weighted by Gasteiger charge is 2.54. The summed E-state index contributed by atoms with van der Waals surface area (Å²) in [5.41, 5.74) is 6.28. The van der Waals surface area contributed by atoms with Gasteiger partial charge in [-0.05, 0) is 75.1 Å². The lowest BCUT2D eigenvalue weighted by Gasteiger charge is -2.52. The van der Waals surface area contributed by atoms with Crippen molar-refractivity contribution in [1.29, 1.82) is 0 Å². The molecule has 0 aliphatic carbocycles. The molecule has 294 valence electrons. The van der Waals surface area contributed by atoms with Crippen molar-refractivity contribution in [2.24, 2.45) is 5.92 Å². The van der Waals surface area contributed by atoms with E-state index in [0.717, 1.165) is 11.1 Å². The zero-order valence-corrected chi connectivity index (χ0v) is 39.6. The van der Waals surface area contributed by atoms with Gasteiger partial charge in [-0.2, -0.15) is 0 Å². The van der Waals surface area contributed by atoms with Crippen LogP contribution in [-0.4, -0.2) is 81.7 Å². The number of carbonyl (C=O) groups excluding carboxylic acids is 1. The second kappa shape index (κ2) is 17.9. The van der Waals surface area contributed by atoms with Crippen molar-refractivity contribution >= 4 is 30.7 Å². The molecule has 0 unspecified atom stereocenters. The van der Waals surface area contributed by atoms with E-state index < -0.39 is 49.3 Å². The average Bonchev–Trinajstić information content (AvgIpc) is 2.94. The monoisotopic (exact) mass is 764 g/mol. The number of methoxy groups -OCH3 is 2. The van der Waals surface area contributed by atoms with Crippen molar-refractivity contribution in [3.05, 3.63) is 34.9 Å². The van der Waals surface area contributed by atoms with Gasteiger partial charge in [0.05, 0.1) is 13.2 Å². The smallest absolute Gasteiger partial charge is 0.333 e. The first-order chi connectivity index (χ1) is 22.8. The van der Waals surface area contributed by atoms with Crippen molar-refractivity contribution in [3.63, 3.8) is 0 Å². The van der Waals surface area contributed by atoms with Gasteiger partial charge in [0.2, 0.25) is 0 Å². The van der Waals surface area contributed by atoms with Crippen LogP contribution in [0, 0.1) is 17.4 Å². The van der Waals surface area contributed by atoms with Gasteiger partial charge in [0.1, 0.15) is 32.5 Å². The van der Waals surface area contributed by atoms with E-state index in [4.69, 9.17) is 27.8 Å². The molecule has 0 aromatic heterocycles. The Hall–Kier alpha value is -1.30. The number of allylic oxidation sites excluding steroid dienone is 4. The van der Waals surface area contributed by atoms with Crippen molar-refractivity contribution < 1.29 is 32.6 Å². The summed E-state index contributed by atoms with van der Waals surface area (Å²) in [6, 6.07) is 0. The van der Waals surface area contributed by atoms with Gasteiger partial charge in [0, 0.05) is 18.6 Å². The molecule has 0 aromatic carbocycles. The zero-order valence-electron chi connectivity index (χ0n) is 36.6. The molecule has 0 aromatic rings. The number of esters is 1. The minimum absolute atomic E-state index is 0.0189. The summed E-state index contributed by atoms with van der Waals surface area (Å²) in [5.74, 6) is 3.20. The molecule has 7 atom stereocenters. The van der Waals surface area contributed by atoms with Crippen LogP contribution >= 0.6 is 0 Å².